The minimum absolute atomic E-state index is 0.00133. The van der Waals surface area contributed by atoms with E-state index in [1.807, 2.05) is 0 Å². The van der Waals surface area contributed by atoms with E-state index in [0.717, 1.165) is 19.2 Å². The molecule has 0 radical (unpaired) electrons. The van der Waals surface area contributed by atoms with Gasteiger partial charge in [0.2, 0.25) is 5.95 Å². The van der Waals surface area contributed by atoms with Crippen LogP contribution in [0.5, 0.6) is 0 Å². The number of fused-ring (bicyclic) bond motifs is 1. The number of nitrogens with one attached hydrogen (secondary N) is 2. The molecule has 0 aliphatic carbocycles. The van der Waals surface area contributed by atoms with Gasteiger partial charge in [-0.05, 0) is 68.3 Å². The maximum absolute atomic E-state index is 13.5. The second kappa shape index (κ2) is 11.2. The van der Waals surface area contributed by atoms with Crippen molar-refractivity contribution >= 4 is 23.4 Å². The molecule has 0 unspecified atom stereocenters. The molecule has 0 spiro atoms. The van der Waals surface area contributed by atoms with E-state index < -0.39 is 29.4 Å². The summed E-state index contributed by atoms with van der Waals surface area (Å²) in [7, 11) is 1.16. The lowest BCUT2D eigenvalue weighted by atomic mass is 9.89. The highest BCUT2D eigenvalue weighted by Gasteiger charge is 2.41. The molecule has 1 aliphatic heterocycles. The van der Waals surface area contributed by atoms with Gasteiger partial charge in [0.25, 0.3) is 0 Å². The smallest absolute Gasteiger partial charge is 0.416 e. The number of alkyl halides is 3. The van der Waals surface area contributed by atoms with Crippen molar-refractivity contribution in [2.45, 2.75) is 32.5 Å². The quantitative estimate of drug-likeness (QED) is 0.320. The van der Waals surface area contributed by atoms with Gasteiger partial charge in [-0.15, -0.1) is 5.10 Å². The van der Waals surface area contributed by atoms with Gasteiger partial charge in [0.15, 0.2) is 0 Å². The molecule has 0 saturated carbocycles. The third-order valence-corrected chi connectivity index (χ3v) is 6.49. The maximum Gasteiger partial charge on any atom is 0.416 e. The van der Waals surface area contributed by atoms with Crippen molar-refractivity contribution in [1.29, 1.82) is 5.26 Å². The van der Waals surface area contributed by atoms with Crippen LogP contribution in [0.3, 0.4) is 0 Å². The molecule has 208 valence electrons. The summed E-state index contributed by atoms with van der Waals surface area (Å²) in [6.45, 7) is 3.46. The summed E-state index contributed by atoms with van der Waals surface area (Å²) in [4.78, 5) is 39.0. The first-order chi connectivity index (χ1) is 19.0. The molecule has 2 aromatic carbocycles. The highest BCUT2D eigenvalue weighted by molar-refractivity contribution is 5.93. The number of allylic oxidation sites excluding steroid dienone is 1. The van der Waals surface area contributed by atoms with Crippen molar-refractivity contribution < 1.29 is 27.5 Å². The number of Topliss-reactive ketones (excluding diaryl/α,β-unsaturated/α-hetero) is 1. The Morgan fingerprint density at radius 2 is 1.98 bits per heavy atom. The molecule has 0 fully saturated rings. The van der Waals surface area contributed by atoms with E-state index in [1.54, 1.807) is 12.1 Å². The number of hydrogen-bond donors (Lipinski definition) is 2. The number of ether oxygens (including phenoxy) is 1. The number of rotatable bonds is 8. The number of carbonyl (C=O) groups is 2. The first-order valence-electron chi connectivity index (χ1n) is 12.1. The van der Waals surface area contributed by atoms with Crippen molar-refractivity contribution in [3.05, 3.63) is 86.5 Å². The van der Waals surface area contributed by atoms with Crippen LogP contribution in [0.25, 0.3) is 0 Å². The number of aromatic amines is 1. The Morgan fingerprint density at radius 1 is 1.23 bits per heavy atom. The fraction of sp³-hybridized carbons (Fsp3) is 0.296. The van der Waals surface area contributed by atoms with Gasteiger partial charge in [-0.25, -0.2) is 19.3 Å². The summed E-state index contributed by atoms with van der Waals surface area (Å²) in [6, 6.07) is 10.2. The highest BCUT2D eigenvalue weighted by Crippen LogP contribution is 2.43. The van der Waals surface area contributed by atoms with Gasteiger partial charge in [0, 0.05) is 11.4 Å². The largest absolute Gasteiger partial charge is 0.466 e. The average Bonchev–Trinajstić information content (AvgIpc) is 3.30. The predicted octanol–water partition coefficient (Wildman–Crippen LogP) is 3.37. The number of benzene rings is 2. The zero-order valence-corrected chi connectivity index (χ0v) is 21.8. The molecule has 0 saturated heterocycles. The Bertz CT molecular complexity index is 1600. The molecule has 0 bridgehead atoms. The van der Waals surface area contributed by atoms with Crippen molar-refractivity contribution in [3.8, 4) is 6.07 Å². The van der Waals surface area contributed by atoms with Crippen LogP contribution in [-0.2, 0) is 26.9 Å². The zero-order valence-electron chi connectivity index (χ0n) is 21.8. The molecule has 1 atom stereocenters. The molecule has 4 rings (SSSR count). The van der Waals surface area contributed by atoms with E-state index in [0.29, 0.717) is 29.7 Å². The average molecular weight is 555 g/mol. The number of methoxy groups -OCH3 is 1. The molecular weight excluding hydrogens is 529 g/mol. The van der Waals surface area contributed by atoms with Gasteiger partial charge in [0.05, 0.1) is 36.4 Å². The number of carbonyl (C=O) groups excluding carboxylic acids is 2. The third-order valence-electron chi connectivity index (χ3n) is 6.49. The molecule has 13 heteroatoms. The van der Waals surface area contributed by atoms with Crippen molar-refractivity contribution in [1.82, 2.24) is 20.1 Å². The fourth-order valence-electron chi connectivity index (χ4n) is 4.72. The van der Waals surface area contributed by atoms with Crippen LogP contribution in [0.15, 0.2) is 58.5 Å². The minimum atomic E-state index is -4.63. The van der Waals surface area contributed by atoms with Crippen molar-refractivity contribution in [2.24, 2.45) is 0 Å². The number of nitriles is 1. The fourth-order valence-corrected chi connectivity index (χ4v) is 4.72. The van der Waals surface area contributed by atoms with Crippen molar-refractivity contribution in [3.63, 3.8) is 0 Å². The van der Waals surface area contributed by atoms with Crippen LogP contribution in [0.4, 0.5) is 24.8 Å². The van der Waals surface area contributed by atoms with E-state index in [1.165, 1.54) is 41.5 Å². The molecule has 1 aromatic heterocycles. The Morgan fingerprint density at radius 3 is 2.62 bits per heavy atom. The molecular formula is C27H25F3N6O4. The molecule has 10 nitrogen and oxygen atoms in total. The lowest BCUT2D eigenvalue weighted by molar-refractivity contribution is -0.138. The van der Waals surface area contributed by atoms with Gasteiger partial charge in [-0.2, -0.15) is 18.4 Å². The summed E-state index contributed by atoms with van der Waals surface area (Å²) in [5.41, 5.74) is 0.0315. The number of nitrogens with zero attached hydrogens (tertiary/aromatic N) is 4. The summed E-state index contributed by atoms with van der Waals surface area (Å²) >= 11 is 0. The summed E-state index contributed by atoms with van der Waals surface area (Å²) < 4.78 is 46.8. The Labute approximate surface area is 226 Å². The number of anilines is 2. The van der Waals surface area contributed by atoms with E-state index in [4.69, 9.17) is 4.74 Å². The van der Waals surface area contributed by atoms with Crippen LogP contribution in [0.2, 0.25) is 0 Å². The van der Waals surface area contributed by atoms with E-state index in [-0.39, 0.29) is 35.2 Å². The maximum atomic E-state index is 13.5. The van der Waals surface area contributed by atoms with Crippen LogP contribution in [0, 0.1) is 11.3 Å². The monoisotopic (exact) mass is 554 g/mol. The van der Waals surface area contributed by atoms with Crippen molar-refractivity contribution in [2.75, 3.05) is 25.1 Å². The molecule has 2 heterocycles. The van der Waals surface area contributed by atoms with E-state index >= 15 is 0 Å². The van der Waals surface area contributed by atoms with Gasteiger partial charge in [0.1, 0.15) is 11.8 Å². The SMILES string of the molecule is COC(=O)C1=C(C)N(c2cccc(C(F)(F)F)c2)c2n[nH]c(=O)n2[C@@H]1c1ccc(C#N)cc1CCNCC(C)=O. The van der Waals surface area contributed by atoms with Gasteiger partial charge in [-0.1, -0.05) is 12.1 Å². The second-order valence-corrected chi connectivity index (χ2v) is 9.13. The van der Waals surface area contributed by atoms with Gasteiger partial charge < -0.3 is 10.1 Å². The molecule has 3 aromatic rings. The molecule has 2 N–H and O–H groups in total. The van der Waals surface area contributed by atoms with Crippen LogP contribution < -0.4 is 15.9 Å². The standard InChI is InChI=1S/C27H25F3N6O4/c1-15(37)14-32-10-9-18-11-17(13-31)7-8-21(18)23-22(24(38)40-3)16(2)35(25-33-34-26(39)36(23)25)20-6-4-5-19(12-20)27(28,29)30/h4-8,11-12,23,32H,9-10,14H2,1-3H3,(H,34,39)/t23-/m1/s1. The number of H-pyrrole nitrogens is 1. The molecule has 40 heavy (non-hydrogen) atoms. The minimum Gasteiger partial charge on any atom is -0.466 e. The Balaban J connectivity index is 1.94. The number of halogens is 3. The Kier molecular flexibility index (Phi) is 7.92. The van der Waals surface area contributed by atoms with E-state index in [9.17, 15) is 32.8 Å². The van der Waals surface area contributed by atoms with Crippen LogP contribution in [0.1, 0.15) is 42.1 Å². The first-order valence-corrected chi connectivity index (χ1v) is 12.1. The lowest BCUT2D eigenvalue weighted by Crippen LogP contribution is -2.38. The number of esters is 1. The summed E-state index contributed by atoms with van der Waals surface area (Å²) in [5, 5.41) is 18.9. The van der Waals surface area contributed by atoms with Gasteiger partial charge in [-0.3, -0.25) is 9.69 Å². The predicted molar refractivity (Wildman–Crippen MR) is 138 cm³/mol. The summed E-state index contributed by atoms with van der Waals surface area (Å²) in [5.74, 6) is -0.901. The zero-order chi connectivity index (χ0) is 29.2. The third kappa shape index (κ3) is 5.39. The van der Waals surface area contributed by atoms with E-state index in [2.05, 4.69) is 21.6 Å². The number of aromatic nitrogens is 3. The van der Waals surface area contributed by atoms with Crippen LogP contribution >= 0.6 is 0 Å². The highest BCUT2D eigenvalue weighted by atomic mass is 19.4. The lowest BCUT2D eigenvalue weighted by Gasteiger charge is -2.36. The normalized spacial score (nSPS) is 15.0. The Hall–Kier alpha value is -4.70. The number of ketones is 1. The van der Waals surface area contributed by atoms with Crippen LogP contribution in [-0.4, -0.2) is 46.7 Å². The molecule has 0 amide bonds. The summed E-state index contributed by atoms with van der Waals surface area (Å²) in [6.07, 6.45) is -4.29. The topological polar surface area (TPSA) is 133 Å². The molecule has 1 aliphatic rings. The second-order valence-electron chi connectivity index (χ2n) is 9.13. The number of hydrogen-bond acceptors (Lipinski definition) is 8. The first kappa shape index (κ1) is 28.3. The van der Waals surface area contributed by atoms with Gasteiger partial charge >= 0.3 is 17.8 Å².